The number of anilines is 4. The van der Waals surface area contributed by atoms with Crippen LogP contribution in [0, 0.1) is 5.82 Å². The van der Waals surface area contributed by atoms with E-state index in [1.807, 2.05) is 4.90 Å². The van der Waals surface area contributed by atoms with Gasteiger partial charge >= 0.3 is 0 Å². The summed E-state index contributed by atoms with van der Waals surface area (Å²) in [5, 5.41) is 5.71. The standard InChI is InChI=1S/C30H36FN7O3/c1-19-17-38(18-20(2)36(19)4)28-14-26(31)25(23-15-32-30(33-16-23)37-8-10-41-11-9-37)13-27(28)35-29(40)22-6-5-7-24(12-22)34-21(3)39/h5-7,12-16,19-20H,8-11,17-18H2,1-4H3,(H,34,39)(H,35,40). The van der Waals surface area contributed by atoms with Gasteiger partial charge in [0, 0.05) is 80.0 Å². The minimum atomic E-state index is -0.424. The Bertz CT molecular complexity index is 1400. The Hall–Kier alpha value is -4.09. The molecule has 0 aliphatic carbocycles. The minimum Gasteiger partial charge on any atom is -0.378 e. The van der Waals surface area contributed by atoms with E-state index in [4.69, 9.17) is 4.74 Å². The lowest BCUT2D eigenvalue weighted by atomic mass is 10.0. The van der Waals surface area contributed by atoms with Gasteiger partial charge in [0.05, 0.1) is 24.6 Å². The minimum absolute atomic E-state index is 0.229. The lowest BCUT2D eigenvalue weighted by molar-refractivity contribution is -0.114. The molecule has 2 aromatic carbocycles. The van der Waals surface area contributed by atoms with E-state index < -0.39 is 5.82 Å². The number of nitrogens with zero attached hydrogens (tertiary/aromatic N) is 5. The number of hydrogen-bond acceptors (Lipinski definition) is 8. The molecule has 10 nitrogen and oxygen atoms in total. The zero-order valence-corrected chi connectivity index (χ0v) is 23.9. The van der Waals surface area contributed by atoms with Crippen molar-refractivity contribution in [2.75, 3.05) is 66.9 Å². The molecule has 2 unspecified atom stereocenters. The van der Waals surface area contributed by atoms with Crippen molar-refractivity contribution >= 4 is 34.8 Å². The van der Waals surface area contributed by atoms with E-state index in [2.05, 4.69) is 51.3 Å². The van der Waals surface area contributed by atoms with Crippen LogP contribution in [0.4, 0.5) is 27.4 Å². The number of hydrogen-bond donors (Lipinski definition) is 2. The first kappa shape index (κ1) is 28.4. The molecular formula is C30H36FN7O3. The number of morpholine rings is 1. The van der Waals surface area contributed by atoms with Gasteiger partial charge in [0.25, 0.3) is 5.91 Å². The van der Waals surface area contributed by atoms with Crippen LogP contribution < -0.4 is 20.4 Å². The van der Waals surface area contributed by atoms with E-state index in [0.29, 0.717) is 79.1 Å². The van der Waals surface area contributed by atoms with Gasteiger partial charge < -0.3 is 25.2 Å². The number of halogens is 1. The van der Waals surface area contributed by atoms with Crippen molar-refractivity contribution < 1.29 is 18.7 Å². The van der Waals surface area contributed by atoms with Crippen LogP contribution >= 0.6 is 0 Å². The molecule has 5 rings (SSSR count). The van der Waals surface area contributed by atoms with Crippen molar-refractivity contribution in [2.45, 2.75) is 32.9 Å². The quantitative estimate of drug-likeness (QED) is 0.468. The second kappa shape index (κ2) is 12.2. The van der Waals surface area contributed by atoms with Crippen molar-refractivity contribution in [3.63, 3.8) is 0 Å². The molecule has 216 valence electrons. The van der Waals surface area contributed by atoms with E-state index in [9.17, 15) is 9.59 Å². The van der Waals surface area contributed by atoms with Crippen LogP contribution in [0.1, 0.15) is 31.1 Å². The predicted molar refractivity (Wildman–Crippen MR) is 158 cm³/mol. The van der Waals surface area contributed by atoms with Crippen molar-refractivity contribution in [1.29, 1.82) is 0 Å². The highest BCUT2D eigenvalue weighted by Gasteiger charge is 2.29. The number of aromatic nitrogens is 2. The Kier molecular flexibility index (Phi) is 8.46. The highest BCUT2D eigenvalue weighted by Crippen LogP contribution is 2.36. The van der Waals surface area contributed by atoms with Crippen molar-refractivity contribution in [2.24, 2.45) is 0 Å². The Labute approximate surface area is 239 Å². The van der Waals surface area contributed by atoms with Crippen LogP contribution in [-0.2, 0) is 9.53 Å². The first-order valence-corrected chi connectivity index (χ1v) is 13.8. The summed E-state index contributed by atoms with van der Waals surface area (Å²) in [6, 6.07) is 10.3. The number of likely N-dealkylation sites (N-methyl/N-ethyl adjacent to an activating group) is 1. The SMILES string of the molecule is CC(=O)Nc1cccc(C(=O)Nc2cc(-c3cnc(N4CCOCC4)nc3)c(F)cc2N2CC(C)N(C)C(C)C2)c1. The molecule has 3 heterocycles. The molecule has 2 atom stereocenters. The van der Waals surface area contributed by atoms with Crippen LogP contribution in [0.3, 0.4) is 0 Å². The summed E-state index contributed by atoms with van der Waals surface area (Å²) >= 11 is 0. The molecule has 41 heavy (non-hydrogen) atoms. The molecule has 1 aromatic heterocycles. The van der Waals surface area contributed by atoms with Gasteiger partial charge in [-0.2, -0.15) is 0 Å². The first-order valence-electron chi connectivity index (χ1n) is 13.8. The summed E-state index contributed by atoms with van der Waals surface area (Å²) in [6.45, 7) is 9.65. The highest BCUT2D eigenvalue weighted by atomic mass is 19.1. The van der Waals surface area contributed by atoms with Gasteiger partial charge in [-0.15, -0.1) is 0 Å². The molecule has 2 aliphatic rings. The normalized spacial score (nSPS) is 19.6. The Morgan fingerprint density at radius 2 is 1.66 bits per heavy atom. The van der Waals surface area contributed by atoms with Crippen molar-refractivity contribution in [3.8, 4) is 11.1 Å². The third-order valence-corrected chi connectivity index (χ3v) is 7.72. The van der Waals surface area contributed by atoms with Gasteiger partial charge in [-0.05, 0) is 51.2 Å². The average Bonchev–Trinajstić information content (AvgIpc) is 2.96. The largest absolute Gasteiger partial charge is 0.378 e. The zero-order valence-electron chi connectivity index (χ0n) is 23.9. The van der Waals surface area contributed by atoms with E-state index in [1.165, 1.54) is 13.0 Å². The average molecular weight is 562 g/mol. The number of amides is 2. The predicted octanol–water partition coefficient (Wildman–Crippen LogP) is 3.86. The van der Waals surface area contributed by atoms with Crippen LogP contribution in [0.5, 0.6) is 0 Å². The maximum Gasteiger partial charge on any atom is 0.255 e. The van der Waals surface area contributed by atoms with E-state index >= 15 is 4.39 Å². The molecule has 3 aromatic rings. The second-order valence-corrected chi connectivity index (χ2v) is 10.7. The Balaban J connectivity index is 1.49. The number of nitrogens with one attached hydrogen (secondary N) is 2. The van der Waals surface area contributed by atoms with Gasteiger partial charge in [-0.3, -0.25) is 14.5 Å². The summed E-state index contributed by atoms with van der Waals surface area (Å²) in [6.07, 6.45) is 3.22. The van der Waals surface area contributed by atoms with Crippen molar-refractivity contribution in [1.82, 2.24) is 14.9 Å². The van der Waals surface area contributed by atoms with Gasteiger partial charge in [0.15, 0.2) is 0 Å². The molecule has 0 spiro atoms. The number of ether oxygens (including phenoxy) is 1. The lowest BCUT2D eigenvalue weighted by Crippen LogP contribution is -2.55. The van der Waals surface area contributed by atoms with Crippen LogP contribution in [0.2, 0.25) is 0 Å². The number of carbonyl (C=O) groups is 2. The maximum absolute atomic E-state index is 15.8. The molecule has 0 saturated carbocycles. The number of rotatable bonds is 6. The Morgan fingerprint density at radius 3 is 2.32 bits per heavy atom. The van der Waals surface area contributed by atoms with Crippen LogP contribution in [0.25, 0.3) is 11.1 Å². The molecular weight excluding hydrogens is 525 g/mol. The van der Waals surface area contributed by atoms with Gasteiger partial charge in [-0.25, -0.2) is 14.4 Å². The molecule has 2 saturated heterocycles. The molecule has 0 radical (unpaired) electrons. The second-order valence-electron chi connectivity index (χ2n) is 10.7. The molecule has 2 N–H and O–H groups in total. The lowest BCUT2D eigenvalue weighted by Gasteiger charge is -2.44. The van der Waals surface area contributed by atoms with E-state index in [-0.39, 0.29) is 23.9 Å². The monoisotopic (exact) mass is 561 g/mol. The highest BCUT2D eigenvalue weighted by molar-refractivity contribution is 6.07. The molecule has 2 aliphatic heterocycles. The van der Waals surface area contributed by atoms with Gasteiger partial charge in [0.1, 0.15) is 5.82 Å². The first-order chi connectivity index (χ1) is 19.7. The summed E-state index contributed by atoms with van der Waals surface area (Å²) in [5.74, 6) is -0.451. The maximum atomic E-state index is 15.8. The summed E-state index contributed by atoms with van der Waals surface area (Å²) in [7, 11) is 2.09. The summed E-state index contributed by atoms with van der Waals surface area (Å²) in [5.41, 5.74) is 2.78. The van der Waals surface area contributed by atoms with E-state index in [0.717, 1.165) is 0 Å². The smallest absolute Gasteiger partial charge is 0.255 e. The number of carbonyl (C=O) groups excluding carboxylic acids is 2. The number of benzene rings is 2. The molecule has 0 bridgehead atoms. The summed E-state index contributed by atoms with van der Waals surface area (Å²) in [4.78, 5) is 40.4. The third kappa shape index (κ3) is 6.47. The number of piperazine rings is 1. The van der Waals surface area contributed by atoms with Crippen LogP contribution in [0.15, 0.2) is 48.8 Å². The fourth-order valence-corrected chi connectivity index (χ4v) is 5.27. The van der Waals surface area contributed by atoms with Crippen LogP contribution in [-0.4, -0.2) is 85.2 Å². The molecule has 2 amide bonds. The Morgan fingerprint density at radius 1 is 0.976 bits per heavy atom. The molecule has 2 fully saturated rings. The fourth-order valence-electron chi connectivity index (χ4n) is 5.27. The molecule has 11 heteroatoms. The van der Waals surface area contributed by atoms with Gasteiger partial charge in [0.2, 0.25) is 11.9 Å². The van der Waals surface area contributed by atoms with E-state index in [1.54, 1.807) is 42.7 Å². The zero-order chi connectivity index (χ0) is 29.1. The fraction of sp³-hybridized carbons (Fsp3) is 0.400. The van der Waals surface area contributed by atoms with Crippen molar-refractivity contribution in [3.05, 3.63) is 60.2 Å². The van der Waals surface area contributed by atoms with Gasteiger partial charge in [-0.1, -0.05) is 6.07 Å². The summed E-state index contributed by atoms with van der Waals surface area (Å²) < 4.78 is 21.2. The third-order valence-electron chi connectivity index (χ3n) is 7.72. The topological polar surface area (TPSA) is 103 Å².